The molecule has 0 aliphatic heterocycles. The zero-order valence-corrected chi connectivity index (χ0v) is 15.8. The van der Waals surface area contributed by atoms with E-state index in [0.29, 0.717) is 5.92 Å². The minimum atomic E-state index is -4.34. The second-order valence-corrected chi connectivity index (χ2v) is 7.44. The predicted molar refractivity (Wildman–Crippen MR) is 103 cm³/mol. The molecule has 7 heteroatoms. The molecular formula is C20H22O6S. The number of benzene rings is 2. The predicted octanol–water partition coefficient (Wildman–Crippen LogP) is 2.44. The summed E-state index contributed by atoms with van der Waals surface area (Å²) >= 11 is 0. The molecule has 6 nitrogen and oxygen atoms in total. The maximum atomic E-state index is 10.7. The number of fused-ring (bicyclic) bond motifs is 1. The van der Waals surface area contributed by atoms with Gasteiger partial charge in [-0.1, -0.05) is 56.3 Å². The van der Waals surface area contributed by atoms with Gasteiger partial charge < -0.3 is 15.1 Å². The maximum absolute atomic E-state index is 10.7. The smallest absolute Gasteiger partial charge is 0.381 e. The molecule has 0 radical (unpaired) electrons. The van der Waals surface area contributed by atoms with Gasteiger partial charge >= 0.3 is 5.43 Å². The molecule has 0 saturated heterocycles. The molecule has 0 atom stereocenters. The Morgan fingerprint density at radius 2 is 1.56 bits per heavy atom. The highest BCUT2D eigenvalue weighted by atomic mass is 32.2. The lowest BCUT2D eigenvalue weighted by atomic mass is 10.1. The normalized spacial score (nSPS) is 10.7. The van der Waals surface area contributed by atoms with Crippen LogP contribution in [-0.4, -0.2) is 28.3 Å². The molecule has 0 amide bonds. The summed E-state index contributed by atoms with van der Waals surface area (Å²) in [5, 5.41) is 10.9. The highest BCUT2D eigenvalue weighted by Gasteiger charge is 2.03. The zero-order valence-electron chi connectivity index (χ0n) is 15.0. The third kappa shape index (κ3) is 6.18. The van der Waals surface area contributed by atoms with Gasteiger partial charge in [-0.15, -0.1) is 0 Å². The molecule has 144 valence electrons. The van der Waals surface area contributed by atoms with E-state index in [0.717, 1.165) is 16.3 Å². The molecule has 0 saturated carbocycles. The minimum absolute atomic E-state index is 0. The Balaban J connectivity index is 0.000000264. The van der Waals surface area contributed by atoms with Crippen molar-refractivity contribution >= 4 is 20.9 Å². The zero-order chi connectivity index (χ0) is 19.3. The lowest BCUT2D eigenvalue weighted by molar-refractivity contribution is 0.437. The van der Waals surface area contributed by atoms with E-state index in [9.17, 15) is 18.1 Å². The van der Waals surface area contributed by atoms with Gasteiger partial charge in [0.2, 0.25) is 5.75 Å². The van der Waals surface area contributed by atoms with Crippen LogP contribution in [0.2, 0.25) is 0 Å². The van der Waals surface area contributed by atoms with Crippen LogP contribution in [0.3, 0.4) is 0 Å². The van der Waals surface area contributed by atoms with E-state index >= 15 is 0 Å². The largest absolute Gasteiger partial charge is 0.744 e. The number of hydrogen-bond donors (Lipinski definition) is 1. The molecule has 0 heterocycles. The van der Waals surface area contributed by atoms with E-state index < -0.39 is 10.1 Å². The summed E-state index contributed by atoms with van der Waals surface area (Å²) in [5.41, 5.74) is 0.926. The highest BCUT2D eigenvalue weighted by molar-refractivity contribution is 7.85. The Hall–Kier alpha value is -2.74. The van der Waals surface area contributed by atoms with Crippen molar-refractivity contribution in [3.63, 3.8) is 0 Å². The third-order valence-corrected chi connectivity index (χ3v) is 4.62. The van der Waals surface area contributed by atoms with Crippen LogP contribution in [0.5, 0.6) is 5.75 Å². The first-order valence-electron chi connectivity index (χ1n) is 7.98. The van der Waals surface area contributed by atoms with Crippen molar-refractivity contribution in [1.82, 2.24) is 0 Å². The van der Waals surface area contributed by atoms with E-state index in [1.165, 1.54) is 18.2 Å². The SMILES string of the molecule is CC(C)c1cccc(=[OH+])c(O)c1.O.O=S(=O)([O-])c1ccc2ccccc2c1. The second-order valence-electron chi connectivity index (χ2n) is 6.06. The molecule has 4 N–H and O–H groups in total. The summed E-state index contributed by atoms with van der Waals surface area (Å²) in [6.07, 6.45) is 0. The van der Waals surface area contributed by atoms with Crippen molar-refractivity contribution in [3.8, 4) is 5.75 Å². The quantitative estimate of drug-likeness (QED) is 0.532. The standard InChI is InChI=1S/C10H8O3S.C10H12O2.H2O/c11-14(12,13)10-6-5-8-3-1-2-4-9(8)7-10;1-7(2)8-4-3-5-9(11)10(12)6-8;/h1-7H,(H,11,12,13);3-7H,1-2H3,(H,11,12);1H2. The fourth-order valence-corrected chi connectivity index (χ4v) is 2.80. The monoisotopic (exact) mass is 390 g/mol. The molecular weight excluding hydrogens is 368 g/mol. The van der Waals surface area contributed by atoms with Gasteiger partial charge in [-0.3, -0.25) is 4.79 Å². The fourth-order valence-electron chi connectivity index (χ4n) is 2.30. The molecule has 0 aliphatic rings. The molecule has 0 aliphatic carbocycles. The Bertz CT molecular complexity index is 1070. The molecule has 3 aromatic carbocycles. The van der Waals surface area contributed by atoms with Crippen LogP contribution in [0.4, 0.5) is 0 Å². The summed E-state index contributed by atoms with van der Waals surface area (Å²) in [6, 6.07) is 18.3. The van der Waals surface area contributed by atoms with Crippen molar-refractivity contribution in [1.29, 1.82) is 0 Å². The Morgan fingerprint density at radius 3 is 2.15 bits per heavy atom. The molecule has 0 spiro atoms. The topological polar surface area (TPSA) is 130 Å². The summed E-state index contributed by atoms with van der Waals surface area (Å²) in [5.74, 6) is 0.284. The van der Waals surface area contributed by atoms with Crippen LogP contribution in [0.1, 0.15) is 25.3 Å². The van der Waals surface area contributed by atoms with Gasteiger partial charge in [0.1, 0.15) is 10.1 Å². The van der Waals surface area contributed by atoms with E-state index in [1.54, 1.807) is 30.3 Å². The van der Waals surface area contributed by atoms with Crippen LogP contribution >= 0.6 is 0 Å². The van der Waals surface area contributed by atoms with Gasteiger partial charge in [0.05, 0.1) is 4.90 Å². The Morgan fingerprint density at radius 1 is 0.926 bits per heavy atom. The second kappa shape index (κ2) is 9.27. The summed E-state index contributed by atoms with van der Waals surface area (Å²) in [7, 11) is -4.34. The highest BCUT2D eigenvalue weighted by Crippen LogP contribution is 2.18. The van der Waals surface area contributed by atoms with Crippen molar-refractivity contribution in [2.24, 2.45) is 0 Å². The van der Waals surface area contributed by atoms with Crippen molar-refractivity contribution in [2.45, 2.75) is 24.7 Å². The van der Waals surface area contributed by atoms with E-state index in [1.807, 2.05) is 32.0 Å². The number of rotatable bonds is 2. The van der Waals surface area contributed by atoms with Crippen LogP contribution < -0.4 is 5.43 Å². The van der Waals surface area contributed by atoms with Gasteiger partial charge in [-0.25, -0.2) is 8.42 Å². The first-order valence-corrected chi connectivity index (χ1v) is 9.39. The Kier molecular flexibility index (Phi) is 7.66. The van der Waals surface area contributed by atoms with Crippen molar-refractivity contribution < 1.29 is 28.3 Å². The molecule has 27 heavy (non-hydrogen) atoms. The van der Waals surface area contributed by atoms with E-state index in [2.05, 4.69) is 0 Å². The van der Waals surface area contributed by atoms with Gasteiger partial charge in [-0.05, 0) is 40.5 Å². The van der Waals surface area contributed by atoms with Crippen molar-refractivity contribution in [2.75, 3.05) is 0 Å². The first-order chi connectivity index (χ1) is 12.2. The fraction of sp³-hybridized carbons (Fsp3) is 0.150. The lowest BCUT2D eigenvalue weighted by Gasteiger charge is -2.07. The number of hydrogen-bond acceptors (Lipinski definition) is 4. The first kappa shape index (κ1) is 22.3. The third-order valence-electron chi connectivity index (χ3n) is 3.78. The maximum Gasteiger partial charge on any atom is 0.381 e. The molecule has 0 unspecified atom stereocenters. The van der Waals surface area contributed by atoms with Gasteiger partial charge in [0.15, 0.2) is 0 Å². The number of aromatic hydroxyl groups is 1. The average Bonchev–Trinajstić information content (AvgIpc) is 2.76. The van der Waals surface area contributed by atoms with Crippen LogP contribution in [0.15, 0.2) is 71.6 Å². The summed E-state index contributed by atoms with van der Waals surface area (Å²) < 4.78 is 32.2. The van der Waals surface area contributed by atoms with Crippen LogP contribution in [0, 0.1) is 0 Å². The van der Waals surface area contributed by atoms with Gasteiger partial charge in [0, 0.05) is 6.07 Å². The average molecular weight is 390 g/mol. The van der Waals surface area contributed by atoms with Crippen molar-refractivity contribution in [3.05, 3.63) is 77.7 Å². The van der Waals surface area contributed by atoms with E-state index in [4.69, 9.17) is 4.79 Å². The molecule has 0 aromatic heterocycles. The molecule has 3 rings (SSSR count). The van der Waals surface area contributed by atoms with Crippen LogP contribution in [-0.2, 0) is 10.1 Å². The lowest BCUT2D eigenvalue weighted by Crippen LogP contribution is -1.97. The Labute approximate surface area is 157 Å². The summed E-state index contributed by atoms with van der Waals surface area (Å²) in [6.45, 7) is 4.07. The van der Waals surface area contributed by atoms with Crippen LogP contribution in [0.25, 0.3) is 10.8 Å². The molecule has 3 aromatic rings. The van der Waals surface area contributed by atoms with E-state index in [-0.39, 0.29) is 21.5 Å². The summed E-state index contributed by atoms with van der Waals surface area (Å²) in [4.78, 5) is 8.95. The molecule has 0 fully saturated rings. The molecule has 0 bridgehead atoms. The van der Waals surface area contributed by atoms with Gasteiger partial charge in [-0.2, -0.15) is 0 Å². The minimum Gasteiger partial charge on any atom is -0.744 e. The van der Waals surface area contributed by atoms with Gasteiger partial charge in [0.25, 0.3) is 0 Å².